The Labute approximate surface area is 130 Å². The topological polar surface area (TPSA) is 46.5 Å². The molecule has 1 aliphatic carbocycles. The molecule has 0 amide bonds. The van der Waals surface area contributed by atoms with Crippen molar-refractivity contribution in [3.8, 4) is 5.75 Å². The zero-order chi connectivity index (χ0) is 15.4. The van der Waals surface area contributed by atoms with Crippen molar-refractivity contribution in [2.24, 2.45) is 5.92 Å². The second-order valence-corrected chi connectivity index (χ2v) is 5.89. The van der Waals surface area contributed by atoms with Crippen molar-refractivity contribution in [3.63, 3.8) is 0 Å². The Morgan fingerprint density at radius 1 is 1.14 bits per heavy atom. The van der Waals surface area contributed by atoms with Crippen LogP contribution < -0.4 is 4.74 Å². The number of rotatable bonds is 7. The molecule has 1 saturated carbocycles. The molecule has 3 nitrogen and oxygen atoms in total. The molecule has 0 aromatic heterocycles. The number of carbonyl (C=O) groups is 1. The van der Waals surface area contributed by atoms with E-state index in [4.69, 9.17) is 9.84 Å². The van der Waals surface area contributed by atoms with E-state index >= 15 is 0 Å². The van der Waals surface area contributed by atoms with Crippen LogP contribution in [0.1, 0.15) is 36.3 Å². The third kappa shape index (κ3) is 3.88. The lowest BCUT2D eigenvalue weighted by Gasteiger charge is -2.16. The molecule has 3 heteroatoms. The molecular formula is C19H20O3. The van der Waals surface area contributed by atoms with Crippen molar-refractivity contribution in [1.29, 1.82) is 0 Å². The van der Waals surface area contributed by atoms with E-state index in [0.29, 0.717) is 12.5 Å². The van der Waals surface area contributed by atoms with E-state index < -0.39 is 5.97 Å². The third-order valence-electron chi connectivity index (χ3n) is 4.12. The Balaban J connectivity index is 1.70. The SMILES string of the molecule is O=C(O)C[C@H](c1cccc(OCc2ccccc2)c1)C1CC1. The average molecular weight is 296 g/mol. The van der Waals surface area contributed by atoms with Gasteiger partial charge in [-0.25, -0.2) is 0 Å². The molecule has 0 saturated heterocycles. The van der Waals surface area contributed by atoms with Gasteiger partial charge >= 0.3 is 5.97 Å². The van der Waals surface area contributed by atoms with Gasteiger partial charge in [-0.1, -0.05) is 42.5 Å². The second kappa shape index (κ2) is 6.65. The summed E-state index contributed by atoms with van der Waals surface area (Å²) in [5.74, 6) is 0.697. The molecule has 0 unspecified atom stereocenters. The van der Waals surface area contributed by atoms with Crippen molar-refractivity contribution in [2.45, 2.75) is 31.8 Å². The first-order chi connectivity index (χ1) is 10.7. The van der Waals surface area contributed by atoms with Gasteiger partial charge in [-0.3, -0.25) is 4.79 Å². The Morgan fingerprint density at radius 2 is 1.91 bits per heavy atom. The van der Waals surface area contributed by atoms with Gasteiger partial charge in [-0.05, 0) is 47.9 Å². The summed E-state index contributed by atoms with van der Waals surface area (Å²) in [7, 11) is 0. The summed E-state index contributed by atoms with van der Waals surface area (Å²) in [6, 6.07) is 17.9. The smallest absolute Gasteiger partial charge is 0.303 e. The van der Waals surface area contributed by atoms with E-state index in [1.807, 2.05) is 54.6 Å². The van der Waals surface area contributed by atoms with Crippen molar-refractivity contribution in [3.05, 3.63) is 65.7 Å². The molecule has 0 radical (unpaired) electrons. The minimum Gasteiger partial charge on any atom is -0.489 e. The highest BCUT2D eigenvalue weighted by molar-refractivity contribution is 5.68. The van der Waals surface area contributed by atoms with Gasteiger partial charge in [-0.2, -0.15) is 0 Å². The largest absolute Gasteiger partial charge is 0.489 e. The fourth-order valence-corrected chi connectivity index (χ4v) is 2.82. The lowest BCUT2D eigenvalue weighted by atomic mass is 9.91. The van der Waals surface area contributed by atoms with Crippen molar-refractivity contribution < 1.29 is 14.6 Å². The van der Waals surface area contributed by atoms with Crippen LogP contribution in [0.2, 0.25) is 0 Å². The van der Waals surface area contributed by atoms with E-state index in [-0.39, 0.29) is 12.3 Å². The summed E-state index contributed by atoms with van der Waals surface area (Å²) in [5.41, 5.74) is 2.20. The van der Waals surface area contributed by atoms with E-state index in [9.17, 15) is 4.79 Å². The number of carboxylic acids is 1. The van der Waals surface area contributed by atoms with Crippen LogP contribution in [0.3, 0.4) is 0 Å². The third-order valence-corrected chi connectivity index (χ3v) is 4.12. The van der Waals surface area contributed by atoms with Crippen molar-refractivity contribution in [2.75, 3.05) is 0 Å². The Kier molecular flexibility index (Phi) is 4.42. The van der Waals surface area contributed by atoms with Crippen molar-refractivity contribution >= 4 is 5.97 Å². The molecule has 2 aromatic carbocycles. The molecule has 114 valence electrons. The number of carboxylic acid groups (broad SMARTS) is 1. The summed E-state index contributed by atoms with van der Waals surface area (Å²) < 4.78 is 5.84. The van der Waals surface area contributed by atoms with Crippen LogP contribution >= 0.6 is 0 Å². The van der Waals surface area contributed by atoms with Crippen LogP contribution in [-0.2, 0) is 11.4 Å². The first kappa shape index (κ1) is 14.6. The van der Waals surface area contributed by atoms with Gasteiger partial charge in [0, 0.05) is 0 Å². The summed E-state index contributed by atoms with van der Waals surface area (Å²) >= 11 is 0. The van der Waals surface area contributed by atoms with Gasteiger partial charge in [0.1, 0.15) is 12.4 Å². The zero-order valence-electron chi connectivity index (χ0n) is 12.4. The maximum atomic E-state index is 11.1. The van der Waals surface area contributed by atoms with Crippen LogP contribution in [0, 0.1) is 5.92 Å². The maximum Gasteiger partial charge on any atom is 0.303 e. The summed E-state index contributed by atoms with van der Waals surface area (Å²) in [5, 5.41) is 9.11. The first-order valence-electron chi connectivity index (χ1n) is 7.71. The highest BCUT2D eigenvalue weighted by atomic mass is 16.5. The Hall–Kier alpha value is -2.29. The standard InChI is InChI=1S/C19H20O3/c20-19(21)12-18(15-9-10-15)16-7-4-8-17(11-16)22-13-14-5-2-1-3-6-14/h1-8,11,15,18H,9-10,12-13H2,(H,20,21)/t18-/m0/s1. The Morgan fingerprint density at radius 3 is 2.59 bits per heavy atom. The first-order valence-corrected chi connectivity index (χ1v) is 7.71. The van der Waals surface area contributed by atoms with Gasteiger partial charge in [0.15, 0.2) is 0 Å². The zero-order valence-corrected chi connectivity index (χ0v) is 12.4. The molecule has 1 atom stereocenters. The average Bonchev–Trinajstić information content (AvgIpc) is 3.36. The monoisotopic (exact) mass is 296 g/mol. The predicted molar refractivity (Wildman–Crippen MR) is 84.9 cm³/mol. The van der Waals surface area contributed by atoms with Crippen LogP contribution in [0.5, 0.6) is 5.75 Å². The van der Waals surface area contributed by atoms with Crippen LogP contribution in [0.4, 0.5) is 0 Å². The van der Waals surface area contributed by atoms with Gasteiger partial charge in [0.25, 0.3) is 0 Å². The predicted octanol–water partition coefficient (Wildman–Crippen LogP) is 4.23. The quantitative estimate of drug-likeness (QED) is 0.831. The maximum absolute atomic E-state index is 11.1. The van der Waals surface area contributed by atoms with Crippen LogP contribution in [0.15, 0.2) is 54.6 Å². The number of aliphatic carboxylic acids is 1. The lowest BCUT2D eigenvalue weighted by Crippen LogP contribution is -2.08. The second-order valence-electron chi connectivity index (χ2n) is 5.89. The van der Waals surface area contributed by atoms with E-state index in [0.717, 1.165) is 29.7 Å². The van der Waals surface area contributed by atoms with Gasteiger partial charge in [0.05, 0.1) is 6.42 Å². The molecule has 2 aromatic rings. The van der Waals surface area contributed by atoms with E-state index in [2.05, 4.69) is 0 Å². The highest BCUT2D eigenvalue weighted by Crippen LogP contribution is 2.45. The Bertz CT molecular complexity index is 632. The minimum absolute atomic E-state index is 0.109. The molecule has 1 fully saturated rings. The van der Waals surface area contributed by atoms with Crippen LogP contribution in [-0.4, -0.2) is 11.1 Å². The van der Waals surface area contributed by atoms with Gasteiger partial charge in [-0.15, -0.1) is 0 Å². The lowest BCUT2D eigenvalue weighted by molar-refractivity contribution is -0.137. The van der Waals surface area contributed by atoms with E-state index in [1.54, 1.807) is 0 Å². The van der Waals surface area contributed by atoms with E-state index in [1.165, 1.54) is 0 Å². The number of ether oxygens (including phenoxy) is 1. The summed E-state index contributed by atoms with van der Waals surface area (Å²) in [6.07, 6.45) is 2.47. The molecule has 0 aliphatic heterocycles. The molecule has 0 bridgehead atoms. The number of hydrogen-bond donors (Lipinski definition) is 1. The molecule has 3 rings (SSSR count). The molecular weight excluding hydrogens is 276 g/mol. The molecule has 0 spiro atoms. The number of hydrogen-bond acceptors (Lipinski definition) is 2. The highest BCUT2D eigenvalue weighted by Gasteiger charge is 2.33. The van der Waals surface area contributed by atoms with Crippen LogP contribution in [0.25, 0.3) is 0 Å². The number of benzene rings is 2. The summed E-state index contributed by atoms with van der Waals surface area (Å²) in [6.45, 7) is 0.525. The molecule has 1 aliphatic rings. The summed E-state index contributed by atoms with van der Waals surface area (Å²) in [4.78, 5) is 11.1. The van der Waals surface area contributed by atoms with Crippen molar-refractivity contribution in [1.82, 2.24) is 0 Å². The van der Waals surface area contributed by atoms with Gasteiger partial charge < -0.3 is 9.84 Å². The molecule has 0 heterocycles. The molecule has 1 N–H and O–H groups in total. The fourth-order valence-electron chi connectivity index (χ4n) is 2.82. The van der Waals surface area contributed by atoms with Gasteiger partial charge in [0.2, 0.25) is 0 Å². The normalized spacial score (nSPS) is 15.3. The minimum atomic E-state index is -0.729. The fraction of sp³-hybridized carbons (Fsp3) is 0.316. The molecule has 22 heavy (non-hydrogen) atoms.